The van der Waals surface area contributed by atoms with Crippen LogP contribution in [0.1, 0.15) is 29.5 Å². The highest BCUT2D eigenvalue weighted by Crippen LogP contribution is 2.30. The summed E-state index contributed by atoms with van der Waals surface area (Å²) < 4.78 is 13.5. The van der Waals surface area contributed by atoms with Crippen LogP contribution in [-0.4, -0.2) is 10.9 Å². The second kappa shape index (κ2) is 6.04. The first-order valence-corrected chi connectivity index (χ1v) is 7.93. The molecule has 0 atom stereocenters. The van der Waals surface area contributed by atoms with Crippen LogP contribution >= 0.6 is 11.3 Å². The molecule has 3 rings (SSSR count). The maximum Gasteiger partial charge on any atom is 0.127 e. The fraction of sp³-hybridized carbons (Fsp3) is 0.375. The van der Waals surface area contributed by atoms with Crippen LogP contribution in [0.3, 0.4) is 0 Å². The van der Waals surface area contributed by atoms with Gasteiger partial charge in [-0.2, -0.15) is 11.3 Å². The lowest BCUT2D eigenvalue weighted by atomic mass is 10.1. The molecular weight excluding hydrogens is 271 g/mol. The molecule has 1 saturated carbocycles. The van der Waals surface area contributed by atoms with Gasteiger partial charge in [0.2, 0.25) is 0 Å². The molecule has 1 aromatic carbocycles. The summed E-state index contributed by atoms with van der Waals surface area (Å²) in [6.07, 6.45) is 2.55. The minimum Gasteiger partial charge on any atom is -0.326 e. The van der Waals surface area contributed by atoms with Gasteiger partial charge in [0.05, 0.1) is 0 Å². The van der Waals surface area contributed by atoms with Gasteiger partial charge in [0.15, 0.2) is 0 Å². The van der Waals surface area contributed by atoms with Crippen molar-refractivity contribution in [2.24, 2.45) is 5.73 Å². The minimum atomic E-state index is -0.202. The normalized spacial score (nSPS) is 14.9. The molecule has 0 radical (unpaired) electrons. The topological polar surface area (TPSA) is 29.3 Å². The van der Waals surface area contributed by atoms with Gasteiger partial charge in [0, 0.05) is 31.2 Å². The van der Waals surface area contributed by atoms with Gasteiger partial charge in [-0.1, -0.05) is 12.1 Å². The van der Waals surface area contributed by atoms with Crippen molar-refractivity contribution in [2.75, 3.05) is 0 Å². The van der Waals surface area contributed by atoms with Crippen LogP contribution in [0.5, 0.6) is 0 Å². The molecule has 1 heterocycles. The number of thiophene rings is 1. The summed E-state index contributed by atoms with van der Waals surface area (Å²) in [5, 5.41) is 4.32. The third-order valence-electron chi connectivity index (χ3n) is 3.74. The molecule has 1 fully saturated rings. The number of hydrogen-bond acceptors (Lipinski definition) is 3. The van der Waals surface area contributed by atoms with Gasteiger partial charge < -0.3 is 5.73 Å². The summed E-state index contributed by atoms with van der Waals surface area (Å²) in [6, 6.07) is 8.17. The van der Waals surface area contributed by atoms with Crippen LogP contribution in [0.25, 0.3) is 0 Å². The molecule has 0 unspecified atom stereocenters. The zero-order valence-electron chi connectivity index (χ0n) is 11.4. The number of nitrogens with two attached hydrogens (primary N) is 1. The molecule has 0 saturated heterocycles. The number of nitrogens with zero attached hydrogens (tertiary/aromatic N) is 1. The first-order valence-electron chi connectivity index (χ1n) is 6.99. The van der Waals surface area contributed by atoms with E-state index >= 15 is 0 Å². The van der Waals surface area contributed by atoms with E-state index in [1.807, 2.05) is 12.1 Å². The molecule has 106 valence electrons. The van der Waals surface area contributed by atoms with Crippen molar-refractivity contribution in [3.05, 3.63) is 57.5 Å². The van der Waals surface area contributed by atoms with E-state index in [9.17, 15) is 4.39 Å². The van der Waals surface area contributed by atoms with Gasteiger partial charge in [-0.3, -0.25) is 4.90 Å². The van der Waals surface area contributed by atoms with Gasteiger partial charge in [-0.25, -0.2) is 4.39 Å². The molecule has 2 aromatic rings. The lowest BCUT2D eigenvalue weighted by Gasteiger charge is -2.22. The second-order valence-corrected chi connectivity index (χ2v) is 6.18. The lowest BCUT2D eigenvalue weighted by Crippen LogP contribution is -2.25. The van der Waals surface area contributed by atoms with E-state index in [1.54, 1.807) is 11.3 Å². The van der Waals surface area contributed by atoms with E-state index in [1.165, 1.54) is 24.5 Å². The van der Waals surface area contributed by atoms with E-state index in [0.717, 1.165) is 18.7 Å². The monoisotopic (exact) mass is 290 g/mol. The average Bonchev–Trinajstić information content (AvgIpc) is 3.18. The van der Waals surface area contributed by atoms with Gasteiger partial charge in [-0.15, -0.1) is 0 Å². The van der Waals surface area contributed by atoms with Gasteiger partial charge in [-0.05, 0) is 46.9 Å². The fourth-order valence-corrected chi connectivity index (χ4v) is 3.15. The Kier molecular flexibility index (Phi) is 4.15. The van der Waals surface area contributed by atoms with Gasteiger partial charge in [0.1, 0.15) is 5.82 Å². The molecule has 0 spiro atoms. The Morgan fingerprint density at radius 1 is 1.20 bits per heavy atom. The Labute approximate surface area is 123 Å². The van der Waals surface area contributed by atoms with Crippen molar-refractivity contribution >= 4 is 11.3 Å². The van der Waals surface area contributed by atoms with E-state index < -0.39 is 0 Å². The molecule has 1 aliphatic rings. The summed E-state index contributed by atoms with van der Waals surface area (Å²) in [5.41, 5.74) is 8.70. The van der Waals surface area contributed by atoms with Crippen molar-refractivity contribution in [2.45, 2.75) is 38.5 Å². The van der Waals surface area contributed by atoms with Gasteiger partial charge in [0.25, 0.3) is 0 Å². The summed E-state index contributed by atoms with van der Waals surface area (Å²) in [6.45, 7) is 2.10. The first-order chi connectivity index (χ1) is 9.76. The molecule has 0 aliphatic heterocycles. The Morgan fingerprint density at radius 2 is 2.00 bits per heavy atom. The van der Waals surface area contributed by atoms with Crippen molar-refractivity contribution in [3.8, 4) is 0 Å². The predicted molar refractivity (Wildman–Crippen MR) is 80.9 cm³/mol. The summed E-state index contributed by atoms with van der Waals surface area (Å²) in [7, 11) is 0. The lowest BCUT2D eigenvalue weighted by molar-refractivity contribution is 0.246. The van der Waals surface area contributed by atoms with Crippen LogP contribution in [0, 0.1) is 5.82 Å². The zero-order chi connectivity index (χ0) is 13.9. The van der Waals surface area contributed by atoms with Crippen LogP contribution in [0.15, 0.2) is 35.0 Å². The fourth-order valence-electron chi connectivity index (χ4n) is 2.49. The van der Waals surface area contributed by atoms with E-state index in [-0.39, 0.29) is 12.4 Å². The number of rotatable bonds is 6. The third-order valence-corrected chi connectivity index (χ3v) is 4.48. The van der Waals surface area contributed by atoms with Crippen molar-refractivity contribution in [3.63, 3.8) is 0 Å². The molecule has 0 bridgehead atoms. The molecule has 2 N–H and O–H groups in total. The Morgan fingerprint density at radius 3 is 2.65 bits per heavy atom. The molecule has 2 nitrogen and oxygen atoms in total. The standard InChI is InChI=1S/C16H19FN2S/c17-16-4-1-12(7-14(16)8-18)9-19(15-2-3-15)10-13-5-6-20-11-13/h1,4-7,11,15H,2-3,8-10,18H2. The minimum absolute atomic E-state index is 0.202. The van der Waals surface area contributed by atoms with Crippen LogP contribution in [-0.2, 0) is 19.6 Å². The van der Waals surface area contributed by atoms with E-state index in [0.29, 0.717) is 11.6 Å². The molecule has 4 heteroatoms. The number of halogens is 1. The maximum absolute atomic E-state index is 13.5. The molecule has 1 aliphatic carbocycles. The van der Waals surface area contributed by atoms with Crippen molar-refractivity contribution in [1.82, 2.24) is 4.90 Å². The Bertz CT molecular complexity index is 564. The highest BCUT2D eigenvalue weighted by Gasteiger charge is 2.29. The zero-order valence-corrected chi connectivity index (χ0v) is 12.2. The molecule has 20 heavy (non-hydrogen) atoms. The quantitative estimate of drug-likeness (QED) is 0.882. The van der Waals surface area contributed by atoms with Gasteiger partial charge >= 0.3 is 0 Å². The van der Waals surface area contributed by atoms with E-state index in [4.69, 9.17) is 5.73 Å². The van der Waals surface area contributed by atoms with Crippen LogP contribution in [0.2, 0.25) is 0 Å². The average molecular weight is 290 g/mol. The smallest absolute Gasteiger partial charge is 0.127 e. The van der Waals surface area contributed by atoms with Crippen LogP contribution in [0.4, 0.5) is 4.39 Å². The highest BCUT2D eigenvalue weighted by atomic mass is 32.1. The number of benzene rings is 1. The largest absolute Gasteiger partial charge is 0.326 e. The Hall–Kier alpha value is -1.23. The SMILES string of the molecule is NCc1cc(CN(Cc2ccsc2)C2CC2)ccc1F. The summed E-state index contributed by atoms with van der Waals surface area (Å²) in [5.74, 6) is -0.202. The third kappa shape index (κ3) is 3.26. The molecular formula is C16H19FN2S. The summed E-state index contributed by atoms with van der Waals surface area (Å²) in [4.78, 5) is 2.48. The summed E-state index contributed by atoms with van der Waals surface area (Å²) >= 11 is 1.74. The van der Waals surface area contributed by atoms with Crippen molar-refractivity contribution < 1.29 is 4.39 Å². The first kappa shape index (κ1) is 13.7. The molecule has 0 amide bonds. The van der Waals surface area contributed by atoms with Crippen molar-refractivity contribution in [1.29, 1.82) is 0 Å². The highest BCUT2D eigenvalue weighted by molar-refractivity contribution is 7.07. The number of hydrogen-bond donors (Lipinski definition) is 1. The maximum atomic E-state index is 13.5. The Balaban J connectivity index is 1.73. The van der Waals surface area contributed by atoms with E-state index in [2.05, 4.69) is 21.7 Å². The van der Waals surface area contributed by atoms with Crippen LogP contribution < -0.4 is 5.73 Å². The predicted octanol–water partition coefficient (Wildman–Crippen LogP) is 3.51. The second-order valence-electron chi connectivity index (χ2n) is 5.40. The molecule has 1 aromatic heterocycles.